The van der Waals surface area contributed by atoms with Crippen molar-refractivity contribution in [1.29, 1.82) is 0 Å². The number of benzene rings is 1. The predicted octanol–water partition coefficient (Wildman–Crippen LogP) is 3.39. The predicted molar refractivity (Wildman–Crippen MR) is 78.8 cm³/mol. The number of rotatable bonds is 6. The van der Waals surface area contributed by atoms with E-state index < -0.39 is 0 Å². The van der Waals surface area contributed by atoms with E-state index in [1.807, 2.05) is 10.9 Å². The second-order valence-corrected chi connectivity index (χ2v) is 5.15. The summed E-state index contributed by atoms with van der Waals surface area (Å²) in [4.78, 5) is 0. The maximum absolute atomic E-state index is 4.31. The van der Waals surface area contributed by atoms with Crippen LogP contribution in [0.25, 0.3) is 0 Å². The molecular weight excluding hydrogens is 234 g/mol. The van der Waals surface area contributed by atoms with Gasteiger partial charge in [0.15, 0.2) is 0 Å². The number of hydrogen-bond acceptors (Lipinski definition) is 2. The third-order valence-corrected chi connectivity index (χ3v) is 3.43. The summed E-state index contributed by atoms with van der Waals surface area (Å²) >= 11 is 0. The monoisotopic (exact) mass is 257 g/mol. The van der Waals surface area contributed by atoms with Gasteiger partial charge in [0.2, 0.25) is 0 Å². The molecule has 1 atom stereocenters. The molecule has 0 aliphatic carbocycles. The number of nitrogens with zero attached hydrogens (tertiary/aromatic N) is 2. The zero-order valence-electron chi connectivity index (χ0n) is 12.0. The smallest absolute Gasteiger partial charge is 0.0522 e. The first-order chi connectivity index (χ1) is 9.22. The zero-order valence-corrected chi connectivity index (χ0v) is 12.0. The van der Waals surface area contributed by atoms with Gasteiger partial charge in [-0.1, -0.05) is 44.2 Å². The van der Waals surface area contributed by atoms with Gasteiger partial charge < -0.3 is 5.32 Å². The molecule has 102 valence electrons. The fourth-order valence-corrected chi connectivity index (χ4v) is 2.41. The highest BCUT2D eigenvalue weighted by molar-refractivity contribution is 5.19. The van der Waals surface area contributed by atoms with Crippen molar-refractivity contribution in [3.63, 3.8) is 0 Å². The second-order valence-electron chi connectivity index (χ2n) is 5.15. The van der Waals surface area contributed by atoms with Crippen LogP contribution in [-0.4, -0.2) is 9.78 Å². The Kier molecular flexibility index (Phi) is 4.74. The molecule has 1 unspecified atom stereocenters. The summed E-state index contributed by atoms with van der Waals surface area (Å²) in [6.07, 6.45) is 1.87. The number of nitrogens with one attached hydrogen (secondary N) is 1. The summed E-state index contributed by atoms with van der Waals surface area (Å²) in [5.74, 6) is 0.556. The molecule has 1 N–H and O–H groups in total. The van der Waals surface area contributed by atoms with Crippen LogP contribution >= 0.6 is 0 Å². The first-order valence-corrected chi connectivity index (χ1v) is 7.01. The summed E-state index contributed by atoms with van der Waals surface area (Å²) < 4.78 is 2.04. The fourth-order valence-electron chi connectivity index (χ4n) is 2.41. The molecule has 2 aromatic rings. The first-order valence-electron chi connectivity index (χ1n) is 7.01. The van der Waals surface area contributed by atoms with Crippen molar-refractivity contribution in [2.24, 2.45) is 5.92 Å². The lowest BCUT2D eigenvalue weighted by molar-refractivity contribution is 0.402. The van der Waals surface area contributed by atoms with E-state index in [-0.39, 0.29) is 0 Å². The standard InChI is InChI=1S/C16H23N3/c1-4-19-15(10-11-18-19)12-17-16(13(2)3)14-8-6-5-7-9-14/h5-11,13,16-17H,4,12H2,1-3H3. The lowest BCUT2D eigenvalue weighted by Crippen LogP contribution is -2.26. The minimum absolute atomic E-state index is 0.376. The van der Waals surface area contributed by atoms with Crippen molar-refractivity contribution in [2.75, 3.05) is 0 Å². The maximum Gasteiger partial charge on any atom is 0.0522 e. The van der Waals surface area contributed by atoms with Gasteiger partial charge in [-0.3, -0.25) is 4.68 Å². The Morgan fingerprint density at radius 1 is 1.16 bits per heavy atom. The Balaban J connectivity index is 2.06. The number of aryl methyl sites for hydroxylation is 1. The average molecular weight is 257 g/mol. The highest BCUT2D eigenvalue weighted by atomic mass is 15.3. The Bertz CT molecular complexity index is 488. The summed E-state index contributed by atoms with van der Waals surface area (Å²) in [6, 6.07) is 13.1. The van der Waals surface area contributed by atoms with E-state index in [1.165, 1.54) is 11.3 Å². The van der Waals surface area contributed by atoms with E-state index in [0.717, 1.165) is 13.1 Å². The van der Waals surface area contributed by atoms with Crippen molar-refractivity contribution in [2.45, 2.75) is 39.9 Å². The fraction of sp³-hybridized carbons (Fsp3) is 0.438. The maximum atomic E-state index is 4.31. The van der Waals surface area contributed by atoms with Crippen molar-refractivity contribution < 1.29 is 0 Å². The van der Waals surface area contributed by atoms with Gasteiger partial charge in [0.05, 0.1) is 5.69 Å². The van der Waals surface area contributed by atoms with Gasteiger partial charge in [-0.15, -0.1) is 0 Å². The highest BCUT2D eigenvalue weighted by Gasteiger charge is 2.15. The van der Waals surface area contributed by atoms with E-state index in [4.69, 9.17) is 0 Å². The Labute approximate surface area is 115 Å². The molecule has 0 aliphatic heterocycles. The molecular formula is C16H23N3. The Morgan fingerprint density at radius 3 is 2.53 bits per heavy atom. The summed E-state index contributed by atoms with van der Waals surface area (Å²) in [6.45, 7) is 8.39. The van der Waals surface area contributed by atoms with Gasteiger partial charge in [-0.2, -0.15) is 5.10 Å². The van der Waals surface area contributed by atoms with Crippen LogP contribution in [-0.2, 0) is 13.1 Å². The van der Waals surface area contributed by atoms with Gasteiger partial charge in [0, 0.05) is 25.3 Å². The molecule has 0 saturated heterocycles. The topological polar surface area (TPSA) is 29.9 Å². The molecule has 3 heteroatoms. The SMILES string of the molecule is CCn1nccc1CNC(c1ccccc1)C(C)C. The summed E-state index contributed by atoms with van der Waals surface area (Å²) in [5, 5.41) is 7.96. The minimum Gasteiger partial charge on any atom is -0.304 e. The second kappa shape index (κ2) is 6.53. The van der Waals surface area contributed by atoms with E-state index in [0.29, 0.717) is 12.0 Å². The van der Waals surface area contributed by atoms with Crippen LogP contribution in [0.15, 0.2) is 42.6 Å². The lowest BCUT2D eigenvalue weighted by Gasteiger charge is -2.23. The molecule has 0 bridgehead atoms. The molecule has 0 amide bonds. The van der Waals surface area contributed by atoms with Crippen LogP contribution in [0.1, 0.15) is 38.1 Å². The van der Waals surface area contributed by atoms with Crippen molar-refractivity contribution in [1.82, 2.24) is 15.1 Å². The van der Waals surface area contributed by atoms with Gasteiger partial charge in [0.1, 0.15) is 0 Å². The quantitative estimate of drug-likeness (QED) is 0.859. The van der Waals surface area contributed by atoms with Crippen LogP contribution in [0.4, 0.5) is 0 Å². The van der Waals surface area contributed by atoms with Gasteiger partial charge >= 0.3 is 0 Å². The third kappa shape index (κ3) is 3.44. The molecule has 3 nitrogen and oxygen atoms in total. The van der Waals surface area contributed by atoms with Crippen molar-refractivity contribution >= 4 is 0 Å². The van der Waals surface area contributed by atoms with Gasteiger partial charge in [-0.25, -0.2) is 0 Å². The third-order valence-electron chi connectivity index (χ3n) is 3.43. The number of hydrogen-bond donors (Lipinski definition) is 1. The zero-order chi connectivity index (χ0) is 13.7. The Morgan fingerprint density at radius 2 is 1.89 bits per heavy atom. The lowest BCUT2D eigenvalue weighted by atomic mass is 9.96. The molecule has 0 aliphatic rings. The molecule has 1 heterocycles. The van der Waals surface area contributed by atoms with E-state index in [2.05, 4.69) is 67.6 Å². The van der Waals surface area contributed by atoms with Crippen LogP contribution in [0, 0.1) is 5.92 Å². The molecule has 1 aromatic heterocycles. The van der Waals surface area contributed by atoms with Gasteiger partial charge in [0.25, 0.3) is 0 Å². The highest BCUT2D eigenvalue weighted by Crippen LogP contribution is 2.21. The van der Waals surface area contributed by atoms with Gasteiger partial charge in [-0.05, 0) is 24.5 Å². The van der Waals surface area contributed by atoms with E-state index in [9.17, 15) is 0 Å². The molecule has 19 heavy (non-hydrogen) atoms. The summed E-state index contributed by atoms with van der Waals surface area (Å²) in [5.41, 5.74) is 2.59. The summed E-state index contributed by atoms with van der Waals surface area (Å²) in [7, 11) is 0. The minimum atomic E-state index is 0.376. The van der Waals surface area contributed by atoms with Crippen molar-refractivity contribution in [3.8, 4) is 0 Å². The van der Waals surface area contributed by atoms with E-state index >= 15 is 0 Å². The molecule has 1 aromatic carbocycles. The van der Waals surface area contributed by atoms with Crippen LogP contribution in [0.3, 0.4) is 0 Å². The molecule has 0 saturated carbocycles. The van der Waals surface area contributed by atoms with Crippen LogP contribution in [0.2, 0.25) is 0 Å². The van der Waals surface area contributed by atoms with Crippen LogP contribution < -0.4 is 5.32 Å². The normalized spacial score (nSPS) is 12.8. The Hall–Kier alpha value is -1.61. The van der Waals surface area contributed by atoms with Crippen molar-refractivity contribution in [3.05, 3.63) is 53.9 Å². The first kappa shape index (κ1) is 13.8. The van der Waals surface area contributed by atoms with Crippen LogP contribution in [0.5, 0.6) is 0 Å². The number of aromatic nitrogens is 2. The molecule has 0 spiro atoms. The molecule has 0 radical (unpaired) electrons. The molecule has 2 rings (SSSR count). The molecule has 0 fully saturated rings. The average Bonchev–Trinajstić information content (AvgIpc) is 2.87. The van der Waals surface area contributed by atoms with E-state index in [1.54, 1.807) is 0 Å². The largest absolute Gasteiger partial charge is 0.304 e.